The van der Waals surface area contributed by atoms with Gasteiger partial charge in [-0.15, -0.1) is 0 Å². The lowest BCUT2D eigenvalue weighted by atomic mass is 9.87. The van der Waals surface area contributed by atoms with Gasteiger partial charge in [0.25, 0.3) is 0 Å². The van der Waals surface area contributed by atoms with Gasteiger partial charge < -0.3 is 10.1 Å². The lowest BCUT2D eigenvalue weighted by Crippen LogP contribution is -2.53. The summed E-state index contributed by atoms with van der Waals surface area (Å²) in [5.74, 6) is 1.05. The Balaban J connectivity index is 1.82. The molecule has 0 radical (unpaired) electrons. The summed E-state index contributed by atoms with van der Waals surface area (Å²) in [6.07, 6.45) is 5.23. The van der Waals surface area contributed by atoms with Crippen LogP contribution in [0.5, 0.6) is 5.75 Å². The molecule has 1 aromatic rings. The summed E-state index contributed by atoms with van der Waals surface area (Å²) in [5, 5.41) is 3.74. The number of para-hydroxylation sites is 1. The van der Waals surface area contributed by atoms with Gasteiger partial charge in [0.15, 0.2) is 0 Å². The molecule has 1 aliphatic heterocycles. The lowest BCUT2D eigenvalue weighted by Gasteiger charge is -2.45. The van der Waals surface area contributed by atoms with E-state index in [1.807, 2.05) is 0 Å². The van der Waals surface area contributed by atoms with Crippen molar-refractivity contribution in [3.8, 4) is 5.75 Å². The Hall–Kier alpha value is -1.06. The molecular weight excluding hydrogens is 248 g/mol. The van der Waals surface area contributed by atoms with Crippen molar-refractivity contribution in [2.45, 2.75) is 50.7 Å². The van der Waals surface area contributed by atoms with Crippen LogP contribution in [-0.4, -0.2) is 37.2 Å². The van der Waals surface area contributed by atoms with E-state index < -0.39 is 0 Å². The molecule has 2 atom stereocenters. The molecule has 3 nitrogen and oxygen atoms in total. The highest BCUT2D eigenvalue weighted by molar-refractivity contribution is 5.38. The van der Waals surface area contributed by atoms with E-state index in [0.717, 1.165) is 24.9 Å². The molecule has 0 saturated heterocycles. The highest BCUT2D eigenvalue weighted by Gasteiger charge is 2.37. The van der Waals surface area contributed by atoms with Crippen LogP contribution in [0, 0.1) is 0 Å². The average Bonchev–Trinajstić information content (AvgIpc) is 2.42. The fourth-order valence-electron chi connectivity index (χ4n) is 3.31. The predicted octanol–water partition coefficient (Wildman–Crippen LogP) is 2.97. The van der Waals surface area contributed by atoms with Gasteiger partial charge in [-0.1, -0.05) is 31.5 Å². The van der Waals surface area contributed by atoms with Gasteiger partial charge in [0.05, 0.1) is 12.1 Å². The summed E-state index contributed by atoms with van der Waals surface area (Å²) in [5.41, 5.74) is 1.32. The zero-order valence-electron chi connectivity index (χ0n) is 12.6. The molecule has 1 heterocycles. The molecular formula is C17H26N2O. The summed E-state index contributed by atoms with van der Waals surface area (Å²) in [6.45, 7) is 4.09. The molecule has 20 heavy (non-hydrogen) atoms. The van der Waals surface area contributed by atoms with Gasteiger partial charge >= 0.3 is 0 Å². The molecule has 1 aromatic carbocycles. The average molecular weight is 274 g/mol. The number of rotatable bonds is 5. The Bertz CT molecular complexity index is 444. The van der Waals surface area contributed by atoms with Crippen LogP contribution in [0.4, 0.5) is 0 Å². The van der Waals surface area contributed by atoms with E-state index >= 15 is 0 Å². The normalized spacial score (nSPS) is 25.9. The smallest absolute Gasteiger partial charge is 0.124 e. The fraction of sp³-hybridized carbons (Fsp3) is 0.647. The summed E-state index contributed by atoms with van der Waals surface area (Å²) in [7, 11) is 2.27. The topological polar surface area (TPSA) is 24.5 Å². The second-order valence-corrected chi connectivity index (χ2v) is 6.10. The fourth-order valence-corrected chi connectivity index (χ4v) is 3.31. The summed E-state index contributed by atoms with van der Waals surface area (Å²) >= 11 is 0. The van der Waals surface area contributed by atoms with E-state index in [0.29, 0.717) is 12.1 Å². The third kappa shape index (κ3) is 2.57. The molecule has 0 aromatic heterocycles. The van der Waals surface area contributed by atoms with Crippen molar-refractivity contribution < 1.29 is 4.74 Å². The first-order valence-corrected chi connectivity index (χ1v) is 7.98. The van der Waals surface area contributed by atoms with Crippen molar-refractivity contribution in [2.75, 3.05) is 20.2 Å². The molecule has 2 unspecified atom stereocenters. The minimum atomic E-state index is 0.394. The maximum Gasteiger partial charge on any atom is 0.124 e. The molecule has 1 aliphatic carbocycles. The van der Waals surface area contributed by atoms with Crippen LogP contribution in [0.3, 0.4) is 0 Å². The van der Waals surface area contributed by atoms with Crippen molar-refractivity contribution in [1.29, 1.82) is 0 Å². The Morgan fingerprint density at radius 3 is 2.80 bits per heavy atom. The number of benzene rings is 1. The lowest BCUT2D eigenvalue weighted by molar-refractivity contribution is 0.0441. The first-order valence-electron chi connectivity index (χ1n) is 7.98. The maximum atomic E-state index is 6.00. The molecule has 2 aliphatic rings. The first-order chi connectivity index (χ1) is 9.81. The molecule has 0 bridgehead atoms. The second-order valence-electron chi connectivity index (χ2n) is 6.10. The maximum absolute atomic E-state index is 6.00. The number of nitrogens with one attached hydrogen (secondary N) is 1. The van der Waals surface area contributed by atoms with E-state index in [2.05, 4.69) is 48.5 Å². The number of likely N-dealkylation sites (N-methyl/N-ethyl adjacent to an activating group) is 1. The molecule has 1 fully saturated rings. The highest BCUT2D eigenvalue weighted by Crippen LogP contribution is 2.36. The predicted molar refractivity (Wildman–Crippen MR) is 82.2 cm³/mol. The summed E-state index contributed by atoms with van der Waals surface area (Å²) in [4.78, 5) is 2.55. The molecule has 1 N–H and O–H groups in total. The van der Waals surface area contributed by atoms with Crippen molar-refractivity contribution in [1.82, 2.24) is 10.2 Å². The standard InChI is InChI=1S/C17H26N2O/c1-3-11-18-17-14-9-4-5-10-16(14)20-12-15(17)19(2)13-7-6-8-13/h4-5,9-10,13,15,17-18H,3,6-8,11-12H2,1-2H3. The van der Waals surface area contributed by atoms with Crippen molar-refractivity contribution in [3.63, 3.8) is 0 Å². The van der Waals surface area contributed by atoms with Gasteiger partial charge in [-0.05, 0) is 38.9 Å². The van der Waals surface area contributed by atoms with Gasteiger partial charge in [0.1, 0.15) is 12.4 Å². The van der Waals surface area contributed by atoms with E-state index in [-0.39, 0.29) is 0 Å². The van der Waals surface area contributed by atoms with Gasteiger partial charge in [0, 0.05) is 11.6 Å². The van der Waals surface area contributed by atoms with E-state index in [1.54, 1.807) is 0 Å². The zero-order chi connectivity index (χ0) is 13.9. The minimum Gasteiger partial charge on any atom is -0.492 e. The van der Waals surface area contributed by atoms with Crippen molar-refractivity contribution in [2.24, 2.45) is 0 Å². The van der Waals surface area contributed by atoms with Crippen LogP contribution in [0.1, 0.15) is 44.2 Å². The number of ether oxygens (including phenoxy) is 1. The van der Waals surface area contributed by atoms with Crippen LogP contribution in [0.2, 0.25) is 0 Å². The Morgan fingerprint density at radius 2 is 2.10 bits per heavy atom. The SMILES string of the molecule is CCCNC1c2ccccc2OCC1N(C)C1CCC1. The van der Waals surface area contributed by atoms with Gasteiger partial charge in [-0.25, -0.2) is 0 Å². The number of fused-ring (bicyclic) bond motifs is 1. The molecule has 0 spiro atoms. The van der Waals surface area contributed by atoms with Crippen LogP contribution in [0.15, 0.2) is 24.3 Å². The largest absolute Gasteiger partial charge is 0.492 e. The summed E-state index contributed by atoms with van der Waals surface area (Å²) < 4.78 is 6.00. The molecule has 3 rings (SSSR count). The van der Waals surface area contributed by atoms with Crippen molar-refractivity contribution in [3.05, 3.63) is 29.8 Å². The molecule has 0 amide bonds. The Morgan fingerprint density at radius 1 is 1.30 bits per heavy atom. The van der Waals surface area contributed by atoms with Crippen LogP contribution < -0.4 is 10.1 Å². The number of hydrogen-bond acceptors (Lipinski definition) is 3. The number of hydrogen-bond donors (Lipinski definition) is 1. The Kier molecular flexibility index (Phi) is 4.27. The van der Waals surface area contributed by atoms with E-state index in [4.69, 9.17) is 4.74 Å². The third-order valence-electron chi connectivity index (χ3n) is 4.84. The van der Waals surface area contributed by atoms with E-state index in [1.165, 1.54) is 31.2 Å². The van der Waals surface area contributed by atoms with Gasteiger partial charge in [-0.3, -0.25) is 4.90 Å². The third-order valence-corrected chi connectivity index (χ3v) is 4.84. The van der Waals surface area contributed by atoms with E-state index in [9.17, 15) is 0 Å². The van der Waals surface area contributed by atoms with Gasteiger partial charge in [0.2, 0.25) is 0 Å². The molecule has 1 saturated carbocycles. The quantitative estimate of drug-likeness (QED) is 0.893. The van der Waals surface area contributed by atoms with Crippen LogP contribution >= 0.6 is 0 Å². The van der Waals surface area contributed by atoms with Crippen molar-refractivity contribution >= 4 is 0 Å². The number of nitrogens with zero attached hydrogens (tertiary/aromatic N) is 1. The second kappa shape index (κ2) is 6.15. The first kappa shape index (κ1) is 13.9. The Labute approximate surface area is 122 Å². The van der Waals surface area contributed by atoms with Gasteiger partial charge in [-0.2, -0.15) is 0 Å². The molecule has 3 heteroatoms. The molecule has 110 valence electrons. The van der Waals surface area contributed by atoms with Crippen LogP contribution in [-0.2, 0) is 0 Å². The summed E-state index contributed by atoms with van der Waals surface area (Å²) in [6, 6.07) is 10.1. The zero-order valence-corrected chi connectivity index (χ0v) is 12.6. The highest BCUT2D eigenvalue weighted by atomic mass is 16.5. The van der Waals surface area contributed by atoms with Crippen LogP contribution in [0.25, 0.3) is 0 Å². The monoisotopic (exact) mass is 274 g/mol. The minimum absolute atomic E-state index is 0.394.